The molecule has 3 rings (SSSR count). The number of nitrogens with one attached hydrogen (secondary N) is 2. The van der Waals surface area contributed by atoms with Gasteiger partial charge in [-0.25, -0.2) is 18.1 Å². The van der Waals surface area contributed by atoms with Crippen molar-refractivity contribution in [2.45, 2.75) is 38.1 Å². The Labute approximate surface area is 159 Å². The molecule has 0 radical (unpaired) electrons. The normalized spacial score (nSPS) is 13.4. The molecule has 0 fully saturated rings. The lowest BCUT2D eigenvalue weighted by atomic mass is 10.0. The van der Waals surface area contributed by atoms with E-state index in [0.29, 0.717) is 6.42 Å². The summed E-state index contributed by atoms with van der Waals surface area (Å²) >= 11 is 0. The van der Waals surface area contributed by atoms with Gasteiger partial charge in [-0.05, 0) is 54.7 Å². The number of aliphatic hydroxyl groups excluding tert-OH is 1. The van der Waals surface area contributed by atoms with E-state index in [1.807, 2.05) is 32.9 Å². The fourth-order valence-electron chi connectivity index (χ4n) is 3.24. The Balaban J connectivity index is 1.88. The van der Waals surface area contributed by atoms with Crippen molar-refractivity contribution in [3.63, 3.8) is 0 Å². The number of H-pyrrole nitrogens is 1. The number of sulfonamides is 1. The van der Waals surface area contributed by atoms with Crippen molar-refractivity contribution in [3.8, 4) is 11.1 Å². The number of fused-ring (bicyclic) bond motifs is 1. The summed E-state index contributed by atoms with van der Waals surface area (Å²) in [6.07, 6.45) is 2.31. The number of rotatable bonds is 7. The second-order valence-electron chi connectivity index (χ2n) is 7.23. The first-order valence-corrected chi connectivity index (χ1v) is 10.5. The van der Waals surface area contributed by atoms with E-state index in [2.05, 4.69) is 14.7 Å². The Hall–Kier alpha value is -2.22. The SMILES string of the molecule is Cc1cc2c(-c3ccc(S(=O)(=O)N[C@@H](CO)CC(C)C)cc3)ccnc2[nH]1. The van der Waals surface area contributed by atoms with Gasteiger partial charge < -0.3 is 10.1 Å². The van der Waals surface area contributed by atoms with Crippen LogP contribution in [0.1, 0.15) is 26.0 Å². The second-order valence-corrected chi connectivity index (χ2v) is 8.94. The molecule has 7 heteroatoms. The predicted octanol–water partition coefficient (Wildman–Crippen LogP) is 3.22. The van der Waals surface area contributed by atoms with E-state index in [4.69, 9.17) is 0 Å². The first kappa shape index (κ1) is 19.5. The lowest BCUT2D eigenvalue weighted by Gasteiger charge is -2.18. The number of aryl methyl sites for hydroxylation is 1. The second kappa shape index (κ2) is 7.80. The molecule has 3 aromatic rings. The molecular formula is C20H25N3O3S. The summed E-state index contributed by atoms with van der Waals surface area (Å²) in [5.74, 6) is 0.283. The third-order valence-corrected chi connectivity index (χ3v) is 5.98. The summed E-state index contributed by atoms with van der Waals surface area (Å²) in [5, 5.41) is 10.4. The van der Waals surface area contributed by atoms with Gasteiger partial charge in [-0.3, -0.25) is 0 Å². The fraction of sp³-hybridized carbons (Fsp3) is 0.350. The number of pyridine rings is 1. The molecule has 6 nitrogen and oxygen atoms in total. The molecule has 1 aromatic carbocycles. The monoisotopic (exact) mass is 387 g/mol. The Morgan fingerprint density at radius 2 is 1.89 bits per heavy atom. The van der Waals surface area contributed by atoms with Crippen LogP contribution in [0, 0.1) is 12.8 Å². The van der Waals surface area contributed by atoms with Crippen LogP contribution < -0.4 is 4.72 Å². The molecule has 1 atom stereocenters. The molecule has 2 heterocycles. The largest absolute Gasteiger partial charge is 0.395 e. The maximum atomic E-state index is 12.6. The van der Waals surface area contributed by atoms with Gasteiger partial charge in [-0.1, -0.05) is 26.0 Å². The minimum Gasteiger partial charge on any atom is -0.395 e. The topological polar surface area (TPSA) is 95.1 Å². The standard InChI is InChI=1S/C20H25N3O3S/c1-13(2)10-16(12-24)23-27(25,26)17-6-4-15(5-7-17)18-8-9-21-20-19(18)11-14(3)22-20/h4-9,11,13,16,23-24H,10,12H2,1-3H3,(H,21,22)/t16-/m1/s1. The zero-order valence-electron chi connectivity index (χ0n) is 15.7. The van der Waals surface area contributed by atoms with E-state index in [0.717, 1.165) is 27.9 Å². The van der Waals surface area contributed by atoms with Gasteiger partial charge in [0.25, 0.3) is 0 Å². The van der Waals surface area contributed by atoms with Crippen LogP contribution in [0.15, 0.2) is 47.5 Å². The van der Waals surface area contributed by atoms with E-state index < -0.39 is 16.1 Å². The number of aromatic amines is 1. The van der Waals surface area contributed by atoms with Crippen molar-refractivity contribution in [2.75, 3.05) is 6.61 Å². The average molecular weight is 388 g/mol. The highest BCUT2D eigenvalue weighted by Crippen LogP contribution is 2.28. The fourth-order valence-corrected chi connectivity index (χ4v) is 4.48. The Morgan fingerprint density at radius 3 is 2.52 bits per heavy atom. The Morgan fingerprint density at radius 1 is 1.19 bits per heavy atom. The van der Waals surface area contributed by atoms with Crippen molar-refractivity contribution in [3.05, 3.63) is 48.3 Å². The van der Waals surface area contributed by atoms with Crippen LogP contribution in [0.4, 0.5) is 0 Å². The highest BCUT2D eigenvalue weighted by atomic mass is 32.2. The van der Waals surface area contributed by atoms with Crippen LogP contribution in [0.25, 0.3) is 22.2 Å². The van der Waals surface area contributed by atoms with Crippen LogP contribution in [0.5, 0.6) is 0 Å². The molecule has 3 N–H and O–H groups in total. The lowest BCUT2D eigenvalue weighted by molar-refractivity contribution is 0.240. The highest BCUT2D eigenvalue weighted by molar-refractivity contribution is 7.89. The van der Waals surface area contributed by atoms with Gasteiger partial charge in [0.15, 0.2) is 0 Å². The maximum absolute atomic E-state index is 12.6. The third kappa shape index (κ3) is 4.37. The van der Waals surface area contributed by atoms with Gasteiger partial charge >= 0.3 is 0 Å². The predicted molar refractivity (Wildman–Crippen MR) is 107 cm³/mol. The van der Waals surface area contributed by atoms with Crippen LogP contribution in [0.3, 0.4) is 0 Å². The number of aliphatic hydroxyl groups is 1. The number of nitrogens with zero attached hydrogens (tertiary/aromatic N) is 1. The lowest BCUT2D eigenvalue weighted by Crippen LogP contribution is -2.38. The summed E-state index contributed by atoms with van der Waals surface area (Å²) in [6.45, 7) is 5.73. The van der Waals surface area contributed by atoms with Crippen molar-refractivity contribution in [1.82, 2.24) is 14.7 Å². The van der Waals surface area contributed by atoms with Crippen molar-refractivity contribution in [1.29, 1.82) is 0 Å². The van der Waals surface area contributed by atoms with E-state index >= 15 is 0 Å². The van der Waals surface area contributed by atoms with E-state index in [1.54, 1.807) is 30.5 Å². The number of hydrogen-bond donors (Lipinski definition) is 3. The summed E-state index contributed by atoms with van der Waals surface area (Å²) in [5.41, 5.74) is 3.74. The highest BCUT2D eigenvalue weighted by Gasteiger charge is 2.20. The van der Waals surface area contributed by atoms with Gasteiger partial charge in [0.1, 0.15) is 5.65 Å². The molecule has 0 saturated carbocycles. The zero-order valence-corrected chi connectivity index (χ0v) is 16.5. The molecular weight excluding hydrogens is 362 g/mol. The van der Waals surface area contributed by atoms with Crippen molar-refractivity contribution < 1.29 is 13.5 Å². The van der Waals surface area contributed by atoms with Gasteiger partial charge in [0.05, 0.1) is 11.5 Å². The molecule has 0 bridgehead atoms. The van der Waals surface area contributed by atoms with Crippen LogP contribution in [0.2, 0.25) is 0 Å². The van der Waals surface area contributed by atoms with Gasteiger partial charge in [0.2, 0.25) is 10.0 Å². The number of benzene rings is 1. The molecule has 0 spiro atoms. The van der Waals surface area contributed by atoms with Gasteiger partial charge in [0, 0.05) is 23.3 Å². The van der Waals surface area contributed by atoms with E-state index in [-0.39, 0.29) is 17.4 Å². The smallest absolute Gasteiger partial charge is 0.240 e. The molecule has 0 amide bonds. The molecule has 0 aliphatic heterocycles. The summed E-state index contributed by atoms with van der Waals surface area (Å²) in [6, 6.07) is 10.2. The average Bonchev–Trinajstić information content (AvgIpc) is 3.00. The Kier molecular flexibility index (Phi) is 5.64. The quantitative estimate of drug-likeness (QED) is 0.580. The van der Waals surface area contributed by atoms with E-state index in [9.17, 15) is 13.5 Å². The zero-order chi connectivity index (χ0) is 19.6. The first-order valence-electron chi connectivity index (χ1n) is 8.98. The third-order valence-electron chi connectivity index (χ3n) is 4.44. The van der Waals surface area contributed by atoms with Crippen LogP contribution >= 0.6 is 0 Å². The molecule has 144 valence electrons. The van der Waals surface area contributed by atoms with Gasteiger partial charge in [-0.15, -0.1) is 0 Å². The molecule has 0 unspecified atom stereocenters. The van der Waals surface area contributed by atoms with Crippen LogP contribution in [-0.2, 0) is 10.0 Å². The maximum Gasteiger partial charge on any atom is 0.240 e. The minimum absolute atomic E-state index is 0.184. The molecule has 27 heavy (non-hydrogen) atoms. The Bertz CT molecular complexity index is 1020. The summed E-state index contributed by atoms with van der Waals surface area (Å²) in [7, 11) is -3.68. The van der Waals surface area contributed by atoms with Crippen LogP contribution in [-0.4, -0.2) is 36.1 Å². The van der Waals surface area contributed by atoms with E-state index in [1.165, 1.54) is 0 Å². The molecule has 0 aliphatic rings. The summed E-state index contributed by atoms with van der Waals surface area (Å²) in [4.78, 5) is 7.72. The minimum atomic E-state index is -3.68. The summed E-state index contributed by atoms with van der Waals surface area (Å²) < 4.78 is 27.8. The molecule has 0 saturated heterocycles. The molecule has 0 aliphatic carbocycles. The van der Waals surface area contributed by atoms with Crippen molar-refractivity contribution >= 4 is 21.1 Å². The molecule has 2 aromatic heterocycles. The number of aromatic nitrogens is 2. The van der Waals surface area contributed by atoms with Gasteiger partial charge in [-0.2, -0.15) is 0 Å². The first-order chi connectivity index (χ1) is 12.8. The van der Waals surface area contributed by atoms with Crippen molar-refractivity contribution in [2.24, 2.45) is 5.92 Å². The number of hydrogen-bond acceptors (Lipinski definition) is 4.